The summed E-state index contributed by atoms with van der Waals surface area (Å²) >= 11 is 1.69. The Morgan fingerprint density at radius 1 is 1.13 bits per heavy atom. The Balaban J connectivity index is 0.00000192. The van der Waals surface area contributed by atoms with E-state index in [1.165, 1.54) is 12.8 Å². The van der Waals surface area contributed by atoms with Gasteiger partial charge in [-0.05, 0) is 19.3 Å². The van der Waals surface area contributed by atoms with Gasteiger partial charge in [-0.3, -0.25) is 9.59 Å². The lowest BCUT2D eigenvalue weighted by Gasteiger charge is -2.33. The molecule has 3 aliphatic heterocycles. The first kappa shape index (κ1) is 18.9. The predicted octanol–water partition coefficient (Wildman–Crippen LogP) is 1.71. The molecule has 0 radical (unpaired) electrons. The molecule has 7 heteroatoms. The molecule has 2 bridgehead atoms. The Kier molecular flexibility index (Phi) is 5.90. The highest BCUT2D eigenvalue weighted by Gasteiger charge is 2.42. The van der Waals surface area contributed by atoms with Crippen molar-refractivity contribution in [3.8, 4) is 0 Å². The van der Waals surface area contributed by atoms with Crippen LogP contribution in [0.5, 0.6) is 0 Å². The molecule has 0 aromatic carbocycles. The summed E-state index contributed by atoms with van der Waals surface area (Å²) in [5.41, 5.74) is -0.428. The number of likely N-dealkylation sites (tertiary alicyclic amines) is 1. The first-order valence-corrected chi connectivity index (χ1v) is 9.45. The number of fused-ring (bicyclic) bond motifs is 2. The molecule has 1 N–H and O–H groups in total. The quantitative estimate of drug-likeness (QED) is 0.772. The minimum Gasteiger partial charge on any atom is -0.339 e. The summed E-state index contributed by atoms with van der Waals surface area (Å²) in [4.78, 5) is 29.3. The third-order valence-corrected chi connectivity index (χ3v) is 5.92. The molecule has 0 aromatic rings. The molecule has 3 unspecified atom stereocenters. The molecule has 0 saturated carbocycles. The molecule has 3 saturated heterocycles. The summed E-state index contributed by atoms with van der Waals surface area (Å²) in [7, 11) is 0. The van der Waals surface area contributed by atoms with Gasteiger partial charge >= 0.3 is 0 Å². The summed E-state index contributed by atoms with van der Waals surface area (Å²) in [6, 6.07) is 0.749. The molecule has 132 valence electrons. The van der Waals surface area contributed by atoms with Gasteiger partial charge in [0, 0.05) is 36.3 Å². The maximum Gasteiger partial charge on any atom is 0.246 e. The van der Waals surface area contributed by atoms with Crippen LogP contribution in [0.25, 0.3) is 0 Å². The molecule has 3 atom stereocenters. The van der Waals surface area contributed by atoms with Gasteiger partial charge in [-0.2, -0.15) is 0 Å². The maximum atomic E-state index is 13.0. The maximum absolute atomic E-state index is 13.0. The van der Waals surface area contributed by atoms with Gasteiger partial charge in [0.2, 0.25) is 11.8 Å². The molecule has 5 nitrogen and oxygen atoms in total. The van der Waals surface area contributed by atoms with Crippen molar-refractivity contribution in [2.24, 2.45) is 5.41 Å². The van der Waals surface area contributed by atoms with Crippen LogP contribution in [0, 0.1) is 5.41 Å². The number of carbonyl (C=O) groups is 2. The molecule has 3 fully saturated rings. The second kappa shape index (κ2) is 7.19. The van der Waals surface area contributed by atoms with E-state index in [2.05, 4.69) is 5.32 Å². The van der Waals surface area contributed by atoms with Crippen LogP contribution in [-0.2, 0) is 9.59 Å². The minimum atomic E-state index is -0.428. The third-order valence-electron chi connectivity index (χ3n) is 4.90. The molecule has 0 aromatic heterocycles. The highest BCUT2D eigenvalue weighted by atomic mass is 35.5. The fourth-order valence-corrected chi connectivity index (χ4v) is 4.78. The summed E-state index contributed by atoms with van der Waals surface area (Å²) in [6.07, 6.45) is 3.44. The van der Waals surface area contributed by atoms with E-state index < -0.39 is 5.41 Å². The van der Waals surface area contributed by atoms with Crippen molar-refractivity contribution >= 4 is 36.0 Å². The summed E-state index contributed by atoms with van der Waals surface area (Å²) < 4.78 is 0. The molecule has 2 amide bonds. The average molecular weight is 362 g/mol. The molecule has 0 aliphatic carbocycles. The smallest absolute Gasteiger partial charge is 0.246 e. The van der Waals surface area contributed by atoms with E-state index in [9.17, 15) is 9.59 Å². The molecule has 0 spiro atoms. The van der Waals surface area contributed by atoms with Crippen molar-refractivity contribution in [1.82, 2.24) is 15.1 Å². The van der Waals surface area contributed by atoms with Crippen LogP contribution in [-0.4, -0.2) is 64.5 Å². The fourth-order valence-electron chi connectivity index (χ4n) is 3.63. The van der Waals surface area contributed by atoms with E-state index in [1.54, 1.807) is 16.7 Å². The first-order valence-electron chi connectivity index (χ1n) is 8.30. The molecular formula is C16H28ClN3O2S. The van der Waals surface area contributed by atoms with Crippen molar-refractivity contribution in [1.29, 1.82) is 0 Å². The van der Waals surface area contributed by atoms with Gasteiger partial charge in [0.05, 0.1) is 5.88 Å². The van der Waals surface area contributed by atoms with E-state index in [0.29, 0.717) is 18.0 Å². The topological polar surface area (TPSA) is 52.7 Å². The fraction of sp³-hybridized carbons (Fsp3) is 0.875. The Bertz CT molecular complexity index is 469. The van der Waals surface area contributed by atoms with Gasteiger partial charge in [-0.25, -0.2) is 0 Å². The lowest BCUT2D eigenvalue weighted by atomic mass is 9.94. The monoisotopic (exact) mass is 361 g/mol. The number of amides is 2. The molecule has 3 heterocycles. The Morgan fingerprint density at radius 3 is 2.52 bits per heavy atom. The van der Waals surface area contributed by atoms with Gasteiger partial charge in [-0.15, -0.1) is 24.2 Å². The van der Waals surface area contributed by atoms with Crippen LogP contribution in [0.1, 0.15) is 40.0 Å². The highest BCUT2D eigenvalue weighted by molar-refractivity contribution is 7.99. The van der Waals surface area contributed by atoms with Crippen LogP contribution >= 0.6 is 24.2 Å². The SMILES string of the molecule is CC(C)(C)C(=O)N1CSCC1C(=O)N1CCC2CCC(C1)N2.Cl. The Morgan fingerprint density at radius 2 is 1.83 bits per heavy atom. The Hall–Kier alpha value is -0.460. The third kappa shape index (κ3) is 3.97. The number of rotatable bonds is 1. The predicted molar refractivity (Wildman–Crippen MR) is 95.8 cm³/mol. The lowest BCUT2D eigenvalue weighted by molar-refractivity contribution is -0.148. The largest absolute Gasteiger partial charge is 0.339 e. The first-order chi connectivity index (χ1) is 10.4. The van der Waals surface area contributed by atoms with Crippen LogP contribution < -0.4 is 5.32 Å². The number of nitrogens with one attached hydrogen (secondary N) is 1. The molecule has 3 rings (SSSR count). The van der Waals surface area contributed by atoms with Crippen molar-refractivity contribution in [3.63, 3.8) is 0 Å². The van der Waals surface area contributed by atoms with Crippen molar-refractivity contribution in [2.75, 3.05) is 24.7 Å². The lowest BCUT2D eigenvalue weighted by Crippen LogP contribution is -2.53. The number of hydrogen-bond acceptors (Lipinski definition) is 4. The van der Waals surface area contributed by atoms with Gasteiger partial charge in [0.15, 0.2) is 0 Å². The van der Waals surface area contributed by atoms with Gasteiger partial charge in [0.1, 0.15) is 6.04 Å². The van der Waals surface area contributed by atoms with Crippen LogP contribution in [0.2, 0.25) is 0 Å². The number of hydrogen-bond donors (Lipinski definition) is 1. The van der Waals surface area contributed by atoms with Gasteiger partial charge in [-0.1, -0.05) is 20.8 Å². The number of thioether (sulfide) groups is 1. The van der Waals surface area contributed by atoms with Gasteiger partial charge < -0.3 is 15.1 Å². The zero-order chi connectivity index (χ0) is 15.9. The summed E-state index contributed by atoms with van der Waals surface area (Å²) in [6.45, 7) is 7.40. The number of carbonyl (C=O) groups excluding carboxylic acids is 2. The zero-order valence-corrected chi connectivity index (χ0v) is 15.8. The summed E-state index contributed by atoms with van der Waals surface area (Å²) in [5.74, 6) is 1.62. The second-order valence-electron chi connectivity index (χ2n) is 7.75. The van der Waals surface area contributed by atoms with E-state index in [-0.39, 0.29) is 30.3 Å². The van der Waals surface area contributed by atoms with Crippen LogP contribution in [0.4, 0.5) is 0 Å². The average Bonchev–Trinajstić information content (AvgIpc) is 3.02. The van der Waals surface area contributed by atoms with Crippen molar-refractivity contribution < 1.29 is 9.59 Å². The van der Waals surface area contributed by atoms with E-state index in [1.807, 2.05) is 25.7 Å². The standard InChI is InChI=1S/C16H27N3O2S.ClH/c1-16(2,3)15(21)19-10-22-9-13(19)14(20)18-7-6-11-4-5-12(8-18)17-11;/h11-13,17H,4-10H2,1-3H3;1H. The molecule has 3 aliphatic rings. The van der Waals surface area contributed by atoms with E-state index >= 15 is 0 Å². The minimum absolute atomic E-state index is 0. The molecule has 23 heavy (non-hydrogen) atoms. The zero-order valence-electron chi connectivity index (χ0n) is 14.2. The number of halogens is 1. The van der Waals surface area contributed by atoms with Crippen LogP contribution in [0.15, 0.2) is 0 Å². The summed E-state index contributed by atoms with van der Waals surface area (Å²) in [5, 5.41) is 3.61. The van der Waals surface area contributed by atoms with Crippen molar-refractivity contribution in [3.05, 3.63) is 0 Å². The normalized spacial score (nSPS) is 30.8. The number of nitrogens with zero attached hydrogens (tertiary/aromatic N) is 2. The van der Waals surface area contributed by atoms with Crippen LogP contribution in [0.3, 0.4) is 0 Å². The van der Waals surface area contributed by atoms with Crippen molar-refractivity contribution in [2.45, 2.75) is 58.2 Å². The Labute approximate surface area is 149 Å². The second-order valence-corrected chi connectivity index (χ2v) is 8.75. The van der Waals surface area contributed by atoms with E-state index in [4.69, 9.17) is 0 Å². The van der Waals surface area contributed by atoms with Gasteiger partial charge in [0.25, 0.3) is 0 Å². The van der Waals surface area contributed by atoms with E-state index in [0.717, 1.165) is 25.3 Å². The highest BCUT2D eigenvalue weighted by Crippen LogP contribution is 2.29. The molecular weight excluding hydrogens is 334 g/mol.